The smallest absolute Gasteiger partial charge is 0.306 e. The Labute approximate surface area is 241 Å². The number of carbonyl (C=O) groups is 2. The summed E-state index contributed by atoms with van der Waals surface area (Å²) in [5.74, 6) is -3.53. The zero-order valence-electron chi connectivity index (χ0n) is 24.3. The summed E-state index contributed by atoms with van der Waals surface area (Å²) in [5.41, 5.74) is 0. The summed E-state index contributed by atoms with van der Waals surface area (Å²) >= 11 is 0. The van der Waals surface area contributed by atoms with E-state index >= 15 is 0 Å². The quantitative estimate of drug-likeness (QED) is 0.0943. The first kappa shape index (κ1) is 35.8. The van der Waals surface area contributed by atoms with Crippen LogP contribution in [0.5, 0.6) is 0 Å². The number of hydrogen-bond donors (Lipinski definition) is 6. The predicted molar refractivity (Wildman–Crippen MR) is 143 cm³/mol. The van der Waals surface area contributed by atoms with E-state index in [1.165, 1.54) is 0 Å². The molecule has 0 radical (unpaired) electrons. The maximum atomic E-state index is 12.6. The van der Waals surface area contributed by atoms with Crippen LogP contribution in [0.4, 0.5) is 0 Å². The zero-order valence-corrected chi connectivity index (χ0v) is 24.3. The topological polar surface area (TPSA) is 202 Å². The van der Waals surface area contributed by atoms with Gasteiger partial charge in [0.05, 0.1) is 6.61 Å². The third-order valence-corrected chi connectivity index (χ3v) is 7.49. The van der Waals surface area contributed by atoms with Gasteiger partial charge in [0.1, 0.15) is 49.8 Å². The van der Waals surface area contributed by atoms with Crippen molar-refractivity contribution in [3.63, 3.8) is 0 Å². The average Bonchev–Trinajstić information content (AvgIpc) is 2.96. The first-order valence-electron chi connectivity index (χ1n) is 14.9. The Morgan fingerprint density at radius 2 is 1.39 bits per heavy atom. The second-order valence-electron chi connectivity index (χ2n) is 10.9. The Hall–Kier alpha value is -1.42. The second kappa shape index (κ2) is 18.3. The van der Waals surface area contributed by atoms with Crippen molar-refractivity contribution in [2.24, 2.45) is 0 Å². The molecule has 0 unspecified atom stereocenters. The minimum Gasteiger partial charge on any atom is -0.463 e. The molecule has 13 nitrogen and oxygen atoms in total. The highest BCUT2D eigenvalue weighted by molar-refractivity contribution is 5.69. The lowest BCUT2D eigenvalue weighted by Crippen LogP contribution is -2.68. The molecular weight excluding hydrogens is 544 g/mol. The van der Waals surface area contributed by atoms with Gasteiger partial charge in [-0.1, -0.05) is 65.2 Å². The first-order valence-corrected chi connectivity index (χ1v) is 14.9. The van der Waals surface area contributed by atoms with Crippen LogP contribution in [0.15, 0.2) is 0 Å². The van der Waals surface area contributed by atoms with E-state index in [-0.39, 0.29) is 12.8 Å². The number of rotatable bonds is 18. The van der Waals surface area contributed by atoms with Crippen LogP contribution < -0.4 is 0 Å². The highest BCUT2D eigenvalue weighted by atomic mass is 16.8. The molecule has 2 aliphatic heterocycles. The molecule has 0 aromatic rings. The van der Waals surface area contributed by atoms with Gasteiger partial charge in [-0.3, -0.25) is 9.59 Å². The standard InChI is InChI=1S/C28H50O13/c1-3-5-7-9-11-13-20(31)37-16-19-23(34)24(35)25(40-21(32)14-12-10-8-6-4-2)27(39-19)41-28(17-29)26(36)22(33)18(30)15-38-28/h18-19,22-27,29-30,33-36H,3-17H2,1-2H3/t18-,19-,22-,23-,24+,25-,26+,27-,28+/m1/s1. The molecule has 13 heteroatoms. The third kappa shape index (κ3) is 10.7. The molecule has 0 amide bonds. The lowest BCUT2D eigenvalue weighted by atomic mass is 9.96. The molecule has 6 N–H and O–H groups in total. The van der Waals surface area contributed by atoms with Crippen molar-refractivity contribution in [3.8, 4) is 0 Å². The van der Waals surface area contributed by atoms with Crippen LogP contribution in [0, 0.1) is 0 Å². The highest BCUT2D eigenvalue weighted by Gasteiger charge is 2.56. The van der Waals surface area contributed by atoms with Crippen LogP contribution in [0.2, 0.25) is 0 Å². The van der Waals surface area contributed by atoms with E-state index in [4.69, 9.17) is 23.7 Å². The minimum absolute atomic E-state index is 0.0320. The molecule has 2 saturated heterocycles. The maximum absolute atomic E-state index is 12.6. The number of hydrogen-bond acceptors (Lipinski definition) is 13. The van der Waals surface area contributed by atoms with Crippen LogP contribution >= 0.6 is 0 Å². The summed E-state index contributed by atoms with van der Waals surface area (Å²) in [4.78, 5) is 24.8. The van der Waals surface area contributed by atoms with Crippen molar-refractivity contribution in [2.45, 2.75) is 146 Å². The molecule has 2 aliphatic rings. The Kier molecular flexibility index (Phi) is 16.0. The second-order valence-corrected chi connectivity index (χ2v) is 10.9. The highest BCUT2D eigenvalue weighted by Crippen LogP contribution is 2.34. The Morgan fingerprint density at radius 3 is 1.98 bits per heavy atom. The number of esters is 2. The van der Waals surface area contributed by atoms with Crippen molar-refractivity contribution < 1.29 is 63.9 Å². The summed E-state index contributed by atoms with van der Waals surface area (Å²) < 4.78 is 27.5. The molecular formula is C28H50O13. The van der Waals surface area contributed by atoms with Gasteiger partial charge in [-0.2, -0.15) is 0 Å². The van der Waals surface area contributed by atoms with Gasteiger partial charge in [-0.25, -0.2) is 0 Å². The molecule has 41 heavy (non-hydrogen) atoms. The van der Waals surface area contributed by atoms with E-state index in [1.807, 2.05) is 0 Å². The van der Waals surface area contributed by atoms with Crippen LogP contribution in [-0.2, 0) is 33.3 Å². The lowest BCUT2D eigenvalue weighted by Gasteiger charge is -2.48. The fourth-order valence-electron chi connectivity index (χ4n) is 4.82. The van der Waals surface area contributed by atoms with Gasteiger partial charge in [0.2, 0.25) is 12.1 Å². The molecule has 0 spiro atoms. The molecule has 0 bridgehead atoms. The molecule has 9 atom stereocenters. The fourth-order valence-corrected chi connectivity index (χ4v) is 4.82. The van der Waals surface area contributed by atoms with Gasteiger partial charge in [-0.05, 0) is 12.8 Å². The van der Waals surface area contributed by atoms with Crippen LogP contribution in [-0.4, -0.2) is 117 Å². The Balaban J connectivity index is 2.12. The van der Waals surface area contributed by atoms with Gasteiger partial charge in [0.15, 0.2) is 6.10 Å². The minimum atomic E-state index is -2.32. The van der Waals surface area contributed by atoms with E-state index < -0.39 is 86.6 Å². The summed E-state index contributed by atoms with van der Waals surface area (Å²) in [6, 6.07) is 0. The van der Waals surface area contributed by atoms with Crippen LogP contribution in [0.1, 0.15) is 90.9 Å². The average molecular weight is 595 g/mol. The van der Waals surface area contributed by atoms with Crippen molar-refractivity contribution in [1.82, 2.24) is 0 Å². The van der Waals surface area contributed by atoms with Gasteiger partial charge in [0, 0.05) is 12.8 Å². The molecule has 0 aliphatic carbocycles. The zero-order chi connectivity index (χ0) is 30.4. The first-order chi connectivity index (χ1) is 19.6. The number of aliphatic hydroxyl groups is 6. The van der Waals surface area contributed by atoms with Crippen molar-refractivity contribution in [1.29, 1.82) is 0 Å². The molecule has 0 aromatic heterocycles. The van der Waals surface area contributed by atoms with E-state index in [9.17, 15) is 40.2 Å². The van der Waals surface area contributed by atoms with Gasteiger partial charge >= 0.3 is 11.9 Å². The molecule has 2 rings (SSSR count). The third-order valence-electron chi connectivity index (χ3n) is 7.49. The Morgan fingerprint density at radius 1 is 0.805 bits per heavy atom. The number of carbonyl (C=O) groups excluding carboxylic acids is 2. The normalized spacial score (nSPS) is 33.9. The van der Waals surface area contributed by atoms with Crippen molar-refractivity contribution in [3.05, 3.63) is 0 Å². The van der Waals surface area contributed by atoms with E-state index in [0.29, 0.717) is 12.8 Å². The molecule has 0 aromatic carbocycles. The number of aliphatic hydroxyl groups excluding tert-OH is 6. The summed E-state index contributed by atoms with van der Waals surface area (Å²) in [6.07, 6.45) is -4.04. The summed E-state index contributed by atoms with van der Waals surface area (Å²) in [6.45, 7) is 2.18. The van der Waals surface area contributed by atoms with Crippen LogP contribution in [0.3, 0.4) is 0 Å². The van der Waals surface area contributed by atoms with Crippen LogP contribution in [0.25, 0.3) is 0 Å². The SMILES string of the molecule is CCCCCCCC(=O)OC[C@H]1O[C@H](O[C@]2(CO)OC[C@@H](O)[C@@H](O)[C@@H]2O)[C@H](OC(=O)CCCCCCC)[C@@H](O)[C@@H]1O. The van der Waals surface area contributed by atoms with E-state index in [2.05, 4.69) is 13.8 Å². The largest absolute Gasteiger partial charge is 0.463 e. The lowest BCUT2D eigenvalue weighted by molar-refractivity contribution is -0.415. The molecule has 240 valence electrons. The van der Waals surface area contributed by atoms with Gasteiger partial charge < -0.3 is 54.3 Å². The number of unbranched alkanes of at least 4 members (excludes halogenated alkanes) is 8. The van der Waals surface area contributed by atoms with Gasteiger partial charge in [-0.15, -0.1) is 0 Å². The monoisotopic (exact) mass is 594 g/mol. The van der Waals surface area contributed by atoms with E-state index in [1.54, 1.807) is 0 Å². The number of ether oxygens (including phenoxy) is 5. The fraction of sp³-hybridized carbons (Fsp3) is 0.929. The van der Waals surface area contributed by atoms with Crippen molar-refractivity contribution in [2.75, 3.05) is 19.8 Å². The molecule has 2 fully saturated rings. The summed E-state index contributed by atoms with van der Waals surface area (Å²) in [7, 11) is 0. The molecule has 2 heterocycles. The maximum Gasteiger partial charge on any atom is 0.306 e. The Bertz CT molecular complexity index is 765. The predicted octanol–water partition coefficient (Wildman–Crippen LogP) is 0.427. The molecule has 0 saturated carbocycles. The van der Waals surface area contributed by atoms with E-state index in [0.717, 1.165) is 51.4 Å². The van der Waals surface area contributed by atoms with Crippen molar-refractivity contribution >= 4 is 11.9 Å². The van der Waals surface area contributed by atoms with Gasteiger partial charge in [0.25, 0.3) is 0 Å². The summed E-state index contributed by atoms with van der Waals surface area (Å²) in [5, 5.41) is 62.3.